The zero-order valence-electron chi connectivity index (χ0n) is 11.5. The van der Waals surface area contributed by atoms with Crippen molar-refractivity contribution in [2.45, 2.75) is 30.7 Å². The third-order valence-electron chi connectivity index (χ3n) is 3.32. The fourth-order valence-electron chi connectivity index (χ4n) is 2.12. The Morgan fingerprint density at radius 1 is 1.17 bits per heavy atom. The fourth-order valence-corrected chi connectivity index (χ4v) is 2.66. The van der Waals surface area contributed by atoms with Crippen molar-refractivity contribution in [2.24, 2.45) is 0 Å². The second kappa shape index (κ2) is 7.18. The lowest BCUT2D eigenvalue weighted by Crippen LogP contribution is -2.60. The quantitative estimate of drug-likeness (QED) is 0.495. The lowest BCUT2D eigenvalue weighted by molar-refractivity contribution is -0.277. The molecule has 0 amide bonds. The Hall–Kier alpha value is -1.13. The Bertz CT molecular complexity index is 594. The molecule has 1 fully saturated rings. The third kappa shape index (κ3) is 3.69. The summed E-state index contributed by atoms with van der Waals surface area (Å²) < 4.78 is 10.4. The van der Waals surface area contributed by atoms with Crippen LogP contribution in [0.4, 0.5) is 0 Å². The van der Waals surface area contributed by atoms with Gasteiger partial charge in [-0.15, -0.1) is 0 Å². The first kappa shape index (κ1) is 18.2. The van der Waals surface area contributed by atoms with E-state index < -0.39 is 43.3 Å². The standard InChI is InChI=1S/C13H14Cl2O8/c14-4-1-5(12(20)21)11(6(15)2-4)23-13-10(19)9(18)8(17)7(3-16)22-13/h1-2,7-10,13,16-19H,3H2,(H,20,21)/t7-,8-,9+,10-,13?/m1/s1. The van der Waals surface area contributed by atoms with Crippen molar-refractivity contribution in [1.29, 1.82) is 0 Å². The summed E-state index contributed by atoms with van der Waals surface area (Å²) >= 11 is 11.6. The number of halogens is 2. The number of rotatable bonds is 4. The molecule has 8 nitrogen and oxygen atoms in total. The molecule has 1 aliphatic rings. The van der Waals surface area contributed by atoms with Crippen molar-refractivity contribution < 1.29 is 39.8 Å². The van der Waals surface area contributed by atoms with Gasteiger partial charge in [-0.3, -0.25) is 0 Å². The van der Waals surface area contributed by atoms with E-state index in [-0.39, 0.29) is 21.4 Å². The van der Waals surface area contributed by atoms with Gasteiger partial charge in [0.25, 0.3) is 0 Å². The van der Waals surface area contributed by atoms with Crippen molar-refractivity contribution in [3.05, 3.63) is 27.7 Å². The van der Waals surface area contributed by atoms with Gasteiger partial charge < -0.3 is 35.0 Å². The van der Waals surface area contributed by atoms with Gasteiger partial charge in [0, 0.05) is 5.02 Å². The molecule has 0 aliphatic carbocycles. The number of hydrogen-bond acceptors (Lipinski definition) is 7. The zero-order valence-corrected chi connectivity index (χ0v) is 13.0. The van der Waals surface area contributed by atoms with Crippen LogP contribution < -0.4 is 4.74 Å². The monoisotopic (exact) mass is 368 g/mol. The predicted octanol–water partition coefficient (Wildman–Crippen LogP) is -0.130. The van der Waals surface area contributed by atoms with Gasteiger partial charge in [-0.25, -0.2) is 4.79 Å². The number of benzene rings is 1. The van der Waals surface area contributed by atoms with Crippen LogP contribution in [0.5, 0.6) is 5.75 Å². The summed E-state index contributed by atoms with van der Waals surface area (Å²) in [5.74, 6) is -1.71. The molecule has 1 saturated heterocycles. The molecule has 10 heteroatoms. The average molecular weight is 369 g/mol. The lowest BCUT2D eigenvalue weighted by atomic mass is 9.99. The molecule has 1 aliphatic heterocycles. The first-order valence-electron chi connectivity index (χ1n) is 6.45. The predicted molar refractivity (Wildman–Crippen MR) is 77.8 cm³/mol. The molecule has 0 saturated carbocycles. The molecule has 1 aromatic carbocycles. The minimum Gasteiger partial charge on any atom is -0.478 e. The molecule has 1 aromatic rings. The maximum Gasteiger partial charge on any atom is 0.339 e. The van der Waals surface area contributed by atoms with E-state index in [0.29, 0.717) is 0 Å². The molecule has 1 unspecified atom stereocenters. The third-order valence-corrected chi connectivity index (χ3v) is 3.82. The maximum atomic E-state index is 11.3. The summed E-state index contributed by atoms with van der Waals surface area (Å²) in [6, 6.07) is 2.32. The number of aliphatic hydroxyl groups is 4. The van der Waals surface area contributed by atoms with Gasteiger partial charge in [-0.1, -0.05) is 23.2 Å². The molecule has 0 spiro atoms. The normalized spacial score (nSPS) is 31.0. The average Bonchev–Trinajstić information content (AvgIpc) is 2.49. The summed E-state index contributed by atoms with van der Waals surface area (Å²) in [4.78, 5) is 11.3. The summed E-state index contributed by atoms with van der Waals surface area (Å²) in [6.45, 7) is -0.648. The van der Waals surface area contributed by atoms with E-state index in [0.717, 1.165) is 6.07 Å². The first-order valence-corrected chi connectivity index (χ1v) is 7.21. The molecule has 0 aromatic heterocycles. The van der Waals surface area contributed by atoms with Crippen molar-refractivity contribution in [2.75, 3.05) is 6.61 Å². The minimum absolute atomic E-state index is 0.0635. The Labute approximate surface area is 140 Å². The molecule has 5 N–H and O–H groups in total. The molecular weight excluding hydrogens is 355 g/mol. The highest BCUT2D eigenvalue weighted by Crippen LogP contribution is 2.35. The van der Waals surface area contributed by atoms with Crippen LogP contribution in [0.3, 0.4) is 0 Å². The van der Waals surface area contributed by atoms with Gasteiger partial charge in [0.15, 0.2) is 5.75 Å². The summed E-state index contributed by atoms with van der Waals surface area (Å²) in [5, 5.41) is 47.5. The highest BCUT2D eigenvalue weighted by molar-refractivity contribution is 6.36. The van der Waals surface area contributed by atoms with Crippen LogP contribution in [0.25, 0.3) is 0 Å². The number of aromatic carboxylic acids is 1. The molecule has 1 heterocycles. The van der Waals surface area contributed by atoms with Crippen LogP contribution in [-0.2, 0) is 4.74 Å². The topological polar surface area (TPSA) is 137 Å². The van der Waals surface area contributed by atoms with Crippen LogP contribution in [0.15, 0.2) is 12.1 Å². The van der Waals surface area contributed by atoms with E-state index in [9.17, 15) is 25.2 Å². The summed E-state index contributed by atoms with van der Waals surface area (Å²) in [7, 11) is 0. The minimum atomic E-state index is -1.69. The van der Waals surface area contributed by atoms with Gasteiger partial charge in [-0.2, -0.15) is 0 Å². The van der Waals surface area contributed by atoms with Crippen molar-refractivity contribution >= 4 is 29.2 Å². The number of carbonyl (C=O) groups is 1. The largest absolute Gasteiger partial charge is 0.478 e. The zero-order chi connectivity index (χ0) is 17.3. The van der Waals surface area contributed by atoms with Crippen molar-refractivity contribution in [3.63, 3.8) is 0 Å². The summed E-state index contributed by atoms with van der Waals surface area (Å²) in [5.41, 5.74) is -0.375. The molecule has 0 bridgehead atoms. The Morgan fingerprint density at radius 2 is 1.83 bits per heavy atom. The van der Waals surface area contributed by atoms with Gasteiger partial charge >= 0.3 is 5.97 Å². The van der Waals surface area contributed by atoms with Crippen molar-refractivity contribution in [1.82, 2.24) is 0 Å². The smallest absolute Gasteiger partial charge is 0.339 e. The van der Waals surface area contributed by atoms with Crippen molar-refractivity contribution in [3.8, 4) is 5.75 Å². The van der Waals surface area contributed by atoms with Crippen LogP contribution in [-0.4, -0.2) is 68.8 Å². The van der Waals surface area contributed by atoms with E-state index in [4.69, 9.17) is 37.8 Å². The molecule has 5 atom stereocenters. The van der Waals surface area contributed by atoms with E-state index in [1.807, 2.05) is 0 Å². The summed E-state index contributed by atoms with van der Waals surface area (Å²) in [6.07, 6.45) is -7.67. The van der Waals surface area contributed by atoms with Gasteiger partial charge in [0.05, 0.1) is 11.6 Å². The van der Waals surface area contributed by atoms with Gasteiger partial charge in [-0.05, 0) is 12.1 Å². The number of aliphatic hydroxyl groups excluding tert-OH is 4. The Morgan fingerprint density at radius 3 is 2.39 bits per heavy atom. The van der Waals surface area contributed by atoms with E-state index in [1.165, 1.54) is 6.07 Å². The number of carboxylic acid groups (broad SMARTS) is 1. The number of hydrogen-bond donors (Lipinski definition) is 5. The SMILES string of the molecule is O=C(O)c1cc(Cl)cc(Cl)c1OC1O[C@H](CO)[C@@H](O)[C@H](O)[C@H]1O. The van der Waals surface area contributed by atoms with E-state index >= 15 is 0 Å². The maximum absolute atomic E-state index is 11.3. The molecule has 128 valence electrons. The Kier molecular flexibility index (Phi) is 5.69. The van der Waals surface area contributed by atoms with Gasteiger partial charge in [0.1, 0.15) is 30.0 Å². The van der Waals surface area contributed by atoms with E-state index in [2.05, 4.69) is 0 Å². The highest BCUT2D eigenvalue weighted by atomic mass is 35.5. The second-order valence-corrected chi connectivity index (χ2v) is 5.73. The fraction of sp³-hybridized carbons (Fsp3) is 0.462. The Balaban J connectivity index is 2.33. The molecule has 23 heavy (non-hydrogen) atoms. The van der Waals surface area contributed by atoms with Crippen LogP contribution in [0.1, 0.15) is 10.4 Å². The highest BCUT2D eigenvalue weighted by Gasteiger charge is 2.45. The van der Waals surface area contributed by atoms with Crippen LogP contribution in [0, 0.1) is 0 Å². The molecule has 0 radical (unpaired) electrons. The van der Waals surface area contributed by atoms with Crippen LogP contribution in [0.2, 0.25) is 10.0 Å². The second-order valence-electron chi connectivity index (χ2n) is 4.88. The number of ether oxygens (including phenoxy) is 2. The lowest BCUT2D eigenvalue weighted by Gasteiger charge is -2.39. The number of carboxylic acids is 1. The molecular formula is C13H14Cl2O8. The first-order chi connectivity index (χ1) is 10.8. The van der Waals surface area contributed by atoms with E-state index in [1.54, 1.807) is 0 Å². The van der Waals surface area contributed by atoms with Crippen LogP contribution >= 0.6 is 23.2 Å². The van der Waals surface area contributed by atoms with Gasteiger partial charge in [0.2, 0.25) is 6.29 Å². The molecule has 2 rings (SSSR count).